The lowest BCUT2D eigenvalue weighted by Crippen LogP contribution is -2.08. The van der Waals surface area contributed by atoms with E-state index in [1.54, 1.807) is 6.07 Å². The van der Waals surface area contributed by atoms with Gasteiger partial charge in [0.2, 0.25) is 0 Å². The summed E-state index contributed by atoms with van der Waals surface area (Å²) in [6.45, 7) is 2.01. The normalized spacial score (nSPS) is 12.5. The molecule has 134 valence electrons. The molecule has 0 saturated heterocycles. The van der Waals surface area contributed by atoms with Crippen LogP contribution in [0.15, 0.2) is 67.0 Å². The fraction of sp³-hybridized carbons (Fsp3) is 0.158. The molecule has 3 aromatic rings. The summed E-state index contributed by atoms with van der Waals surface area (Å²) in [5.74, 6) is 1.10. The minimum Gasteiger partial charge on any atom is -0.363 e. The Morgan fingerprint density at radius 1 is 0.885 bits per heavy atom. The number of anilines is 3. The number of benzene rings is 2. The van der Waals surface area contributed by atoms with E-state index in [1.807, 2.05) is 37.3 Å². The molecule has 4 nitrogen and oxygen atoms in total. The third-order valence-corrected chi connectivity index (χ3v) is 3.82. The van der Waals surface area contributed by atoms with Gasteiger partial charge in [0, 0.05) is 17.8 Å². The third-order valence-electron chi connectivity index (χ3n) is 3.82. The van der Waals surface area contributed by atoms with E-state index in [9.17, 15) is 13.2 Å². The summed E-state index contributed by atoms with van der Waals surface area (Å²) in [6, 6.07) is 16.4. The molecular weight excluding hydrogens is 341 g/mol. The lowest BCUT2D eigenvalue weighted by atomic mass is 10.1. The minimum absolute atomic E-state index is 0.0463. The van der Waals surface area contributed by atoms with E-state index in [2.05, 4.69) is 20.6 Å². The summed E-state index contributed by atoms with van der Waals surface area (Å²) >= 11 is 0. The number of alkyl halides is 3. The average Bonchev–Trinajstić information content (AvgIpc) is 2.62. The fourth-order valence-corrected chi connectivity index (χ4v) is 2.44. The van der Waals surface area contributed by atoms with Gasteiger partial charge in [-0.1, -0.05) is 30.3 Å². The second kappa shape index (κ2) is 7.43. The monoisotopic (exact) mass is 358 g/mol. The van der Waals surface area contributed by atoms with Crippen LogP contribution in [0.1, 0.15) is 24.1 Å². The molecule has 0 fully saturated rings. The second-order valence-corrected chi connectivity index (χ2v) is 5.77. The SMILES string of the molecule is CC(Nc1cc(Nc2ccc(C(F)(F)F)cc2)ncn1)c1ccccc1. The van der Waals surface area contributed by atoms with Gasteiger partial charge in [-0.05, 0) is 36.8 Å². The summed E-state index contributed by atoms with van der Waals surface area (Å²) in [4.78, 5) is 8.28. The highest BCUT2D eigenvalue weighted by atomic mass is 19.4. The first kappa shape index (κ1) is 17.7. The molecule has 2 N–H and O–H groups in total. The number of nitrogens with zero attached hydrogens (tertiary/aromatic N) is 2. The Hall–Kier alpha value is -3.09. The number of rotatable bonds is 5. The van der Waals surface area contributed by atoms with E-state index in [0.29, 0.717) is 17.3 Å². The van der Waals surface area contributed by atoms with Crippen LogP contribution in [0.25, 0.3) is 0 Å². The van der Waals surface area contributed by atoms with Gasteiger partial charge in [-0.25, -0.2) is 9.97 Å². The zero-order valence-electron chi connectivity index (χ0n) is 14.0. The second-order valence-electron chi connectivity index (χ2n) is 5.77. The molecule has 3 rings (SSSR count). The predicted octanol–water partition coefficient (Wildman–Crippen LogP) is 5.41. The summed E-state index contributed by atoms with van der Waals surface area (Å²) in [5.41, 5.74) is 0.937. The van der Waals surface area contributed by atoms with Crippen molar-refractivity contribution >= 4 is 17.3 Å². The number of aromatic nitrogens is 2. The molecule has 2 aromatic carbocycles. The van der Waals surface area contributed by atoms with Crippen molar-refractivity contribution in [3.05, 3.63) is 78.1 Å². The Morgan fingerprint density at radius 2 is 1.54 bits per heavy atom. The quantitative estimate of drug-likeness (QED) is 0.640. The number of nitrogens with one attached hydrogen (secondary N) is 2. The van der Waals surface area contributed by atoms with Gasteiger partial charge in [0.25, 0.3) is 0 Å². The molecular formula is C19H17F3N4. The van der Waals surface area contributed by atoms with Gasteiger partial charge < -0.3 is 10.6 Å². The van der Waals surface area contributed by atoms with Gasteiger partial charge in [0.15, 0.2) is 0 Å². The third kappa shape index (κ3) is 4.50. The molecule has 0 radical (unpaired) electrons. The van der Waals surface area contributed by atoms with E-state index in [0.717, 1.165) is 17.7 Å². The maximum Gasteiger partial charge on any atom is 0.416 e. The highest BCUT2D eigenvalue weighted by Crippen LogP contribution is 2.30. The molecule has 26 heavy (non-hydrogen) atoms. The molecule has 0 amide bonds. The van der Waals surface area contributed by atoms with Gasteiger partial charge in [0.1, 0.15) is 18.0 Å². The van der Waals surface area contributed by atoms with E-state index < -0.39 is 11.7 Å². The number of hydrogen-bond donors (Lipinski definition) is 2. The first-order valence-corrected chi connectivity index (χ1v) is 7.99. The predicted molar refractivity (Wildman–Crippen MR) is 95.2 cm³/mol. The Morgan fingerprint density at radius 3 is 2.19 bits per heavy atom. The molecule has 1 atom stereocenters. The molecule has 0 aliphatic carbocycles. The van der Waals surface area contributed by atoms with Crippen molar-refractivity contribution < 1.29 is 13.2 Å². The Balaban J connectivity index is 1.69. The van der Waals surface area contributed by atoms with Crippen LogP contribution in [0, 0.1) is 0 Å². The van der Waals surface area contributed by atoms with Crippen molar-refractivity contribution in [1.29, 1.82) is 0 Å². The molecule has 0 aliphatic rings. The molecule has 0 spiro atoms. The van der Waals surface area contributed by atoms with Crippen LogP contribution >= 0.6 is 0 Å². The van der Waals surface area contributed by atoms with Crippen molar-refractivity contribution in [3.63, 3.8) is 0 Å². The maximum absolute atomic E-state index is 12.6. The van der Waals surface area contributed by atoms with Crippen molar-refractivity contribution in [2.45, 2.75) is 19.1 Å². The van der Waals surface area contributed by atoms with Crippen LogP contribution in [0.5, 0.6) is 0 Å². The largest absolute Gasteiger partial charge is 0.416 e. The summed E-state index contributed by atoms with van der Waals surface area (Å²) in [5, 5.41) is 6.25. The van der Waals surface area contributed by atoms with E-state index in [1.165, 1.54) is 18.5 Å². The lowest BCUT2D eigenvalue weighted by Gasteiger charge is -2.15. The van der Waals surface area contributed by atoms with Gasteiger partial charge in [-0.2, -0.15) is 13.2 Å². The molecule has 1 heterocycles. The highest BCUT2D eigenvalue weighted by molar-refractivity contribution is 5.59. The smallest absolute Gasteiger partial charge is 0.363 e. The van der Waals surface area contributed by atoms with Gasteiger partial charge >= 0.3 is 6.18 Å². The van der Waals surface area contributed by atoms with E-state index in [-0.39, 0.29) is 6.04 Å². The topological polar surface area (TPSA) is 49.8 Å². The van der Waals surface area contributed by atoms with Gasteiger partial charge in [-0.15, -0.1) is 0 Å². The summed E-state index contributed by atoms with van der Waals surface area (Å²) in [6.07, 6.45) is -2.95. The molecule has 1 aromatic heterocycles. The van der Waals surface area contributed by atoms with Crippen molar-refractivity contribution in [2.24, 2.45) is 0 Å². The van der Waals surface area contributed by atoms with Crippen molar-refractivity contribution in [1.82, 2.24) is 9.97 Å². The Labute approximate surface area is 149 Å². The summed E-state index contributed by atoms with van der Waals surface area (Å²) < 4.78 is 37.8. The van der Waals surface area contributed by atoms with Crippen molar-refractivity contribution in [2.75, 3.05) is 10.6 Å². The standard InChI is InChI=1S/C19H17F3N4/c1-13(14-5-3-2-4-6-14)25-17-11-18(24-12-23-17)26-16-9-7-15(8-10-16)19(20,21)22/h2-13H,1H3,(H2,23,24,25,26). The lowest BCUT2D eigenvalue weighted by molar-refractivity contribution is -0.137. The van der Waals surface area contributed by atoms with Crippen LogP contribution in [-0.2, 0) is 6.18 Å². The van der Waals surface area contributed by atoms with Crippen LogP contribution in [0.2, 0.25) is 0 Å². The highest BCUT2D eigenvalue weighted by Gasteiger charge is 2.29. The molecule has 7 heteroatoms. The first-order chi connectivity index (χ1) is 12.4. The van der Waals surface area contributed by atoms with Crippen LogP contribution < -0.4 is 10.6 Å². The zero-order chi connectivity index (χ0) is 18.6. The first-order valence-electron chi connectivity index (χ1n) is 7.99. The molecule has 0 aliphatic heterocycles. The molecule has 0 saturated carbocycles. The molecule has 0 bridgehead atoms. The van der Waals surface area contributed by atoms with Gasteiger partial charge in [-0.3, -0.25) is 0 Å². The van der Waals surface area contributed by atoms with Crippen molar-refractivity contribution in [3.8, 4) is 0 Å². The zero-order valence-corrected chi connectivity index (χ0v) is 14.0. The maximum atomic E-state index is 12.6. The number of hydrogen-bond acceptors (Lipinski definition) is 4. The average molecular weight is 358 g/mol. The van der Waals surface area contributed by atoms with Crippen LogP contribution in [-0.4, -0.2) is 9.97 Å². The molecule has 1 unspecified atom stereocenters. The van der Waals surface area contributed by atoms with E-state index >= 15 is 0 Å². The van der Waals surface area contributed by atoms with E-state index in [4.69, 9.17) is 0 Å². The Kier molecular flexibility index (Phi) is 5.06. The fourth-order valence-electron chi connectivity index (χ4n) is 2.44. The van der Waals surface area contributed by atoms with Crippen LogP contribution in [0.4, 0.5) is 30.5 Å². The number of halogens is 3. The van der Waals surface area contributed by atoms with Gasteiger partial charge in [0.05, 0.1) is 5.56 Å². The van der Waals surface area contributed by atoms with Crippen LogP contribution in [0.3, 0.4) is 0 Å². The Bertz CT molecular complexity index is 849. The minimum atomic E-state index is -4.35. The summed E-state index contributed by atoms with van der Waals surface area (Å²) in [7, 11) is 0.